The fourth-order valence-corrected chi connectivity index (χ4v) is 5.41. The van der Waals surface area contributed by atoms with Gasteiger partial charge < -0.3 is 10.2 Å². The Morgan fingerprint density at radius 1 is 1.07 bits per heavy atom. The van der Waals surface area contributed by atoms with Gasteiger partial charge in [0.05, 0.1) is 4.88 Å². The predicted molar refractivity (Wildman–Crippen MR) is 130 cm³/mol. The molecule has 1 fully saturated rings. The molecule has 30 heavy (non-hydrogen) atoms. The summed E-state index contributed by atoms with van der Waals surface area (Å²) in [6.45, 7) is 9.80. The van der Waals surface area contributed by atoms with Gasteiger partial charge >= 0.3 is 0 Å². The number of thiophene rings is 1. The maximum atomic E-state index is 12.7. The van der Waals surface area contributed by atoms with Gasteiger partial charge in [0.1, 0.15) is 0 Å². The Hall–Kier alpha value is -1.65. The summed E-state index contributed by atoms with van der Waals surface area (Å²) in [6.07, 6.45) is 8.91. The molecule has 0 radical (unpaired) electrons. The van der Waals surface area contributed by atoms with Crippen molar-refractivity contribution < 1.29 is 4.79 Å². The molecule has 1 amide bonds. The van der Waals surface area contributed by atoms with Gasteiger partial charge in [-0.3, -0.25) is 4.79 Å². The Morgan fingerprint density at radius 3 is 2.43 bits per heavy atom. The first-order chi connectivity index (χ1) is 14.6. The molecule has 1 saturated carbocycles. The van der Waals surface area contributed by atoms with Gasteiger partial charge in [-0.2, -0.15) is 0 Å². The Morgan fingerprint density at radius 2 is 1.77 bits per heavy atom. The van der Waals surface area contributed by atoms with E-state index < -0.39 is 0 Å². The molecule has 3 rings (SSSR count). The van der Waals surface area contributed by atoms with Gasteiger partial charge in [-0.15, -0.1) is 11.3 Å². The van der Waals surface area contributed by atoms with E-state index in [-0.39, 0.29) is 11.9 Å². The minimum Gasteiger partial charge on any atom is -0.349 e. The second-order valence-electron chi connectivity index (χ2n) is 8.66. The van der Waals surface area contributed by atoms with Crippen LogP contribution < -0.4 is 5.32 Å². The largest absolute Gasteiger partial charge is 0.349 e. The molecule has 164 valence electrons. The lowest BCUT2D eigenvalue weighted by molar-refractivity contribution is 0.0941. The highest BCUT2D eigenvalue weighted by molar-refractivity contribution is 7.17. The van der Waals surface area contributed by atoms with Gasteiger partial charge in [-0.05, 0) is 81.4 Å². The number of benzene rings is 1. The van der Waals surface area contributed by atoms with Crippen molar-refractivity contribution in [3.05, 3.63) is 46.8 Å². The van der Waals surface area contributed by atoms with Crippen LogP contribution in [-0.2, 0) is 0 Å². The number of rotatable bonds is 10. The molecule has 0 spiro atoms. The molecule has 1 aromatic heterocycles. The Labute approximate surface area is 186 Å². The number of amides is 1. The van der Waals surface area contributed by atoms with Crippen molar-refractivity contribution in [2.24, 2.45) is 0 Å². The first kappa shape index (κ1) is 23.0. The van der Waals surface area contributed by atoms with Crippen molar-refractivity contribution in [3.8, 4) is 10.4 Å². The van der Waals surface area contributed by atoms with E-state index in [2.05, 4.69) is 61.3 Å². The van der Waals surface area contributed by atoms with E-state index in [0.717, 1.165) is 43.3 Å². The van der Waals surface area contributed by atoms with Crippen LogP contribution in [-0.4, -0.2) is 36.5 Å². The third-order valence-electron chi connectivity index (χ3n) is 6.48. The topological polar surface area (TPSA) is 32.3 Å². The van der Waals surface area contributed by atoms with Gasteiger partial charge in [-0.1, -0.05) is 57.4 Å². The van der Waals surface area contributed by atoms with E-state index in [1.54, 1.807) is 11.3 Å². The summed E-state index contributed by atoms with van der Waals surface area (Å²) in [4.78, 5) is 17.1. The lowest BCUT2D eigenvalue weighted by atomic mass is 9.84. The van der Waals surface area contributed by atoms with E-state index in [1.807, 2.05) is 6.07 Å². The smallest absolute Gasteiger partial charge is 0.261 e. The third-order valence-corrected chi connectivity index (χ3v) is 7.62. The van der Waals surface area contributed by atoms with E-state index in [4.69, 9.17) is 0 Å². The highest BCUT2D eigenvalue weighted by Gasteiger charge is 2.16. The molecule has 3 nitrogen and oxygen atoms in total. The average molecular weight is 427 g/mol. The van der Waals surface area contributed by atoms with Crippen LogP contribution in [0.15, 0.2) is 36.4 Å². The average Bonchev–Trinajstić information content (AvgIpc) is 3.28. The lowest BCUT2D eigenvalue weighted by Gasteiger charge is -2.22. The second-order valence-corrected chi connectivity index (χ2v) is 9.75. The molecule has 1 aliphatic rings. The number of nitrogens with zero attached hydrogens (tertiary/aromatic N) is 1. The van der Waals surface area contributed by atoms with Gasteiger partial charge in [0.25, 0.3) is 5.91 Å². The Balaban J connectivity index is 1.51. The van der Waals surface area contributed by atoms with Crippen LogP contribution >= 0.6 is 11.3 Å². The predicted octanol–water partition coefficient (Wildman–Crippen LogP) is 6.70. The monoisotopic (exact) mass is 426 g/mol. The van der Waals surface area contributed by atoms with E-state index in [0.29, 0.717) is 0 Å². The molecule has 1 aromatic carbocycles. The normalized spacial score (nSPS) is 16.0. The maximum Gasteiger partial charge on any atom is 0.261 e. The Kier molecular flexibility index (Phi) is 8.95. The van der Waals surface area contributed by atoms with Crippen molar-refractivity contribution in [1.29, 1.82) is 0 Å². The van der Waals surface area contributed by atoms with Crippen LogP contribution in [0.4, 0.5) is 0 Å². The third kappa shape index (κ3) is 6.42. The molecule has 1 N–H and O–H groups in total. The van der Waals surface area contributed by atoms with Crippen LogP contribution in [0.1, 0.15) is 86.9 Å². The Bertz CT molecular complexity index is 773. The highest BCUT2D eigenvalue weighted by Crippen LogP contribution is 2.34. The summed E-state index contributed by atoms with van der Waals surface area (Å²) in [5.41, 5.74) is 2.69. The summed E-state index contributed by atoms with van der Waals surface area (Å²) in [7, 11) is 0. The molecule has 4 heteroatoms. The number of hydrogen-bond donors (Lipinski definition) is 1. The molecular weight excluding hydrogens is 388 g/mol. The van der Waals surface area contributed by atoms with Gasteiger partial charge in [0, 0.05) is 10.9 Å². The molecule has 0 saturated heterocycles. The van der Waals surface area contributed by atoms with Crippen molar-refractivity contribution in [2.45, 2.75) is 77.7 Å². The molecule has 1 heterocycles. The minimum absolute atomic E-state index is 0.0559. The molecule has 1 atom stereocenters. The van der Waals surface area contributed by atoms with Gasteiger partial charge in [0.15, 0.2) is 0 Å². The molecule has 0 bridgehead atoms. The first-order valence-corrected chi connectivity index (χ1v) is 12.7. The molecule has 1 aliphatic carbocycles. The van der Waals surface area contributed by atoms with Crippen molar-refractivity contribution in [2.75, 3.05) is 19.6 Å². The highest BCUT2D eigenvalue weighted by atomic mass is 32.1. The maximum absolute atomic E-state index is 12.7. The summed E-state index contributed by atoms with van der Waals surface area (Å²) in [5.74, 6) is 0.793. The fourth-order valence-electron chi connectivity index (χ4n) is 4.50. The zero-order chi connectivity index (χ0) is 21.3. The molecule has 0 aliphatic heterocycles. The van der Waals surface area contributed by atoms with Crippen LogP contribution in [0.5, 0.6) is 0 Å². The quantitative estimate of drug-likeness (QED) is 0.458. The van der Waals surface area contributed by atoms with Crippen molar-refractivity contribution in [3.63, 3.8) is 0 Å². The van der Waals surface area contributed by atoms with Crippen LogP contribution in [0.2, 0.25) is 0 Å². The van der Waals surface area contributed by atoms with Gasteiger partial charge in [-0.25, -0.2) is 0 Å². The van der Waals surface area contributed by atoms with Crippen LogP contribution in [0.3, 0.4) is 0 Å². The van der Waals surface area contributed by atoms with Crippen LogP contribution in [0.25, 0.3) is 10.4 Å². The van der Waals surface area contributed by atoms with Crippen LogP contribution in [0, 0.1) is 0 Å². The second kappa shape index (κ2) is 11.7. The standard InChI is InChI=1S/C26H38N2OS/c1-4-28(5-2)19-9-10-20(3)27-26(29)25-18-17-24(30-25)23-15-13-22(14-16-23)21-11-7-6-8-12-21/h13-18,20-21H,4-12,19H2,1-3H3,(H,27,29)/t20-/m1/s1. The van der Waals surface area contributed by atoms with E-state index >= 15 is 0 Å². The number of carbonyl (C=O) groups excluding carboxylic acids is 1. The number of nitrogens with one attached hydrogen (secondary N) is 1. The summed E-state index contributed by atoms with van der Waals surface area (Å²) < 4.78 is 0. The lowest BCUT2D eigenvalue weighted by Crippen LogP contribution is -2.33. The van der Waals surface area contributed by atoms with Crippen molar-refractivity contribution in [1.82, 2.24) is 10.2 Å². The zero-order valence-electron chi connectivity index (χ0n) is 19.0. The van der Waals surface area contributed by atoms with E-state index in [1.165, 1.54) is 48.1 Å². The zero-order valence-corrected chi connectivity index (χ0v) is 19.8. The molecular formula is C26H38N2OS. The van der Waals surface area contributed by atoms with Crippen molar-refractivity contribution >= 4 is 17.2 Å². The number of hydrogen-bond acceptors (Lipinski definition) is 3. The van der Waals surface area contributed by atoms with E-state index in [9.17, 15) is 4.79 Å². The molecule has 2 aromatic rings. The fraction of sp³-hybridized carbons (Fsp3) is 0.577. The molecule has 0 unspecified atom stereocenters. The summed E-state index contributed by atoms with van der Waals surface area (Å²) >= 11 is 1.59. The number of carbonyl (C=O) groups is 1. The van der Waals surface area contributed by atoms with Gasteiger partial charge in [0.2, 0.25) is 0 Å². The summed E-state index contributed by atoms with van der Waals surface area (Å²) in [5, 5.41) is 3.18. The first-order valence-electron chi connectivity index (χ1n) is 11.8. The SMILES string of the molecule is CCN(CC)CCC[C@@H](C)NC(=O)c1ccc(-c2ccc(C3CCCCC3)cc2)s1. The minimum atomic E-state index is 0.0559. The summed E-state index contributed by atoms with van der Waals surface area (Å²) in [6, 6.07) is 13.3.